The zero-order chi connectivity index (χ0) is 10.4. The molecule has 1 aliphatic rings. The van der Waals surface area contributed by atoms with E-state index in [-0.39, 0.29) is 0 Å². The minimum Gasteiger partial charge on any atom is -0.267 e. The van der Waals surface area contributed by atoms with Gasteiger partial charge in [0.1, 0.15) is 5.69 Å². The van der Waals surface area contributed by atoms with Crippen LogP contribution in [-0.4, -0.2) is 5.84 Å². The first-order valence-electron chi connectivity index (χ1n) is 5.17. The van der Waals surface area contributed by atoms with Crippen LogP contribution in [0.3, 0.4) is 0 Å². The zero-order valence-corrected chi connectivity index (χ0v) is 8.91. The Hall–Kier alpha value is -1.67. The summed E-state index contributed by atoms with van der Waals surface area (Å²) in [6, 6.07) is 10.8. The van der Waals surface area contributed by atoms with E-state index in [1.165, 1.54) is 22.0 Å². The van der Waals surface area contributed by atoms with Crippen molar-refractivity contribution in [3.8, 4) is 0 Å². The molecule has 2 heteroatoms. The van der Waals surface area contributed by atoms with Crippen LogP contribution in [0.25, 0.3) is 10.8 Å². The maximum atomic E-state index is 4.49. The maximum absolute atomic E-state index is 4.49. The van der Waals surface area contributed by atoms with Crippen LogP contribution in [-0.2, 0) is 0 Å². The van der Waals surface area contributed by atoms with E-state index in [0.717, 1.165) is 11.5 Å². The van der Waals surface area contributed by atoms with Crippen molar-refractivity contribution in [2.24, 2.45) is 4.99 Å². The lowest BCUT2D eigenvalue weighted by Gasteiger charge is -2.02. The van der Waals surface area contributed by atoms with Gasteiger partial charge < -0.3 is 0 Å². The Morgan fingerprint density at radius 2 is 1.93 bits per heavy atom. The van der Waals surface area contributed by atoms with E-state index in [4.69, 9.17) is 0 Å². The van der Waals surface area contributed by atoms with E-state index < -0.39 is 0 Å². The highest BCUT2D eigenvalue weighted by molar-refractivity contribution is 6.00. The Morgan fingerprint density at radius 3 is 2.80 bits per heavy atom. The minimum absolute atomic E-state index is 1.10. The first-order chi connectivity index (χ1) is 7.24. The van der Waals surface area contributed by atoms with Gasteiger partial charge in [0.05, 0.1) is 0 Å². The number of aliphatic imine (C=N–C) groups is 1. The van der Waals surface area contributed by atoms with E-state index in [2.05, 4.69) is 47.6 Å². The van der Waals surface area contributed by atoms with Crippen molar-refractivity contribution < 1.29 is 5.32 Å². The first-order valence-corrected chi connectivity index (χ1v) is 5.17. The lowest BCUT2D eigenvalue weighted by Crippen LogP contribution is -2.79. The molecule has 74 valence electrons. The molecule has 1 aliphatic heterocycles. The summed E-state index contributed by atoms with van der Waals surface area (Å²) in [5.41, 5.74) is 3.67. The molecule has 0 saturated heterocycles. The molecular formula is C13H13N2+. The fourth-order valence-electron chi connectivity index (χ4n) is 2.14. The molecule has 0 spiro atoms. The predicted octanol–water partition coefficient (Wildman–Crippen LogP) is 2.41. The standard InChI is InChI=1S/C13H12N2/c1-8-3-5-11-10(7-8)4-6-12-13(11)15-9(2)14-12/h3-7H,1-2H3,(H,14,15)/p+1. The number of benzene rings is 2. The van der Waals surface area contributed by atoms with Gasteiger partial charge >= 0.3 is 0 Å². The fourth-order valence-corrected chi connectivity index (χ4v) is 2.14. The average Bonchev–Trinajstić information content (AvgIpc) is 2.58. The summed E-state index contributed by atoms with van der Waals surface area (Å²) in [6.45, 7) is 4.16. The van der Waals surface area contributed by atoms with Gasteiger partial charge in [-0.05, 0) is 24.4 Å². The smallest absolute Gasteiger partial charge is 0.202 e. The van der Waals surface area contributed by atoms with Crippen molar-refractivity contribution in [2.75, 3.05) is 0 Å². The lowest BCUT2D eigenvalue weighted by molar-refractivity contribution is -0.437. The summed E-state index contributed by atoms with van der Waals surface area (Å²) < 4.78 is 0. The summed E-state index contributed by atoms with van der Waals surface area (Å²) in [5, 5.41) is 4.76. The molecule has 0 aliphatic carbocycles. The molecule has 0 radical (unpaired) electrons. The Bertz CT molecular complexity index is 582. The number of quaternary nitrogens is 1. The second-order valence-electron chi connectivity index (χ2n) is 4.12. The third-order valence-electron chi connectivity index (χ3n) is 2.84. The summed E-state index contributed by atoms with van der Waals surface area (Å²) >= 11 is 0. The zero-order valence-electron chi connectivity index (χ0n) is 8.91. The number of aryl methyl sites for hydroxylation is 1. The SMILES string of the molecule is CC1=Nc2ccc3cc(C)ccc3c2[NH2+]1. The van der Waals surface area contributed by atoms with Crippen LogP contribution in [0.4, 0.5) is 11.4 Å². The van der Waals surface area contributed by atoms with E-state index in [1.54, 1.807) is 0 Å². The van der Waals surface area contributed by atoms with E-state index in [9.17, 15) is 0 Å². The van der Waals surface area contributed by atoms with Gasteiger partial charge in [0.2, 0.25) is 5.84 Å². The first kappa shape index (κ1) is 8.62. The van der Waals surface area contributed by atoms with Crippen molar-refractivity contribution in [1.29, 1.82) is 0 Å². The van der Waals surface area contributed by atoms with Crippen LogP contribution >= 0.6 is 0 Å². The Morgan fingerprint density at radius 1 is 1.07 bits per heavy atom. The van der Waals surface area contributed by atoms with Crippen LogP contribution in [0, 0.1) is 6.92 Å². The molecule has 2 aromatic rings. The Labute approximate surface area is 88.6 Å². The summed E-state index contributed by atoms with van der Waals surface area (Å²) in [6.07, 6.45) is 0. The summed E-state index contributed by atoms with van der Waals surface area (Å²) in [4.78, 5) is 4.49. The van der Waals surface area contributed by atoms with Crippen LogP contribution in [0.2, 0.25) is 0 Å². The number of amidine groups is 1. The summed E-state index contributed by atoms with van der Waals surface area (Å²) in [5.74, 6) is 1.10. The quantitative estimate of drug-likeness (QED) is 0.628. The molecule has 0 aromatic heterocycles. The van der Waals surface area contributed by atoms with Gasteiger partial charge in [0.25, 0.3) is 0 Å². The van der Waals surface area contributed by atoms with Gasteiger partial charge in [-0.3, -0.25) is 5.32 Å². The third-order valence-corrected chi connectivity index (χ3v) is 2.84. The van der Waals surface area contributed by atoms with E-state index in [1.807, 2.05) is 6.92 Å². The van der Waals surface area contributed by atoms with Gasteiger partial charge in [-0.1, -0.05) is 23.8 Å². The number of fused-ring (bicyclic) bond motifs is 3. The normalized spacial score (nSPS) is 14.1. The average molecular weight is 197 g/mol. The second-order valence-corrected chi connectivity index (χ2v) is 4.12. The Kier molecular flexibility index (Phi) is 1.67. The molecule has 0 fully saturated rings. The maximum Gasteiger partial charge on any atom is 0.202 e. The number of hydrogen-bond acceptors (Lipinski definition) is 1. The van der Waals surface area contributed by atoms with Gasteiger partial charge in [-0.15, -0.1) is 0 Å². The van der Waals surface area contributed by atoms with E-state index >= 15 is 0 Å². The molecule has 0 saturated carbocycles. The molecule has 2 aromatic carbocycles. The van der Waals surface area contributed by atoms with Gasteiger partial charge in [0, 0.05) is 12.3 Å². The number of hydrogen-bond donors (Lipinski definition) is 1. The van der Waals surface area contributed by atoms with Crippen molar-refractivity contribution in [3.63, 3.8) is 0 Å². The highest BCUT2D eigenvalue weighted by Gasteiger charge is 2.18. The van der Waals surface area contributed by atoms with Crippen LogP contribution in [0.1, 0.15) is 12.5 Å². The lowest BCUT2D eigenvalue weighted by atomic mass is 10.1. The largest absolute Gasteiger partial charge is 0.267 e. The van der Waals surface area contributed by atoms with E-state index in [0.29, 0.717) is 0 Å². The highest BCUT2D eigenvalue weighted by Crippen LogP contribution is 2.32. The topological polar surface area (TPSA) is 29.0 Å². The minimum atomic E-state index is 1.10. The molecule has 15 heavy (non-hydrogen) atoms. The number of rotatable bonds is 0. The highest BCUT2D eigenvalue weighted by atomic mass is 15.1. The molecule has 0 atom stereocenters. The molecule has 0 unspecified atom stereocenters. The predicted molar refractivity (Wildman–Crippen MR) is 63.0 cm³/mol. The number of nitrogens with two attached hydrogens (primary N) is 1. The fraction of sp³-hybridized carbons (Fsp3) is 0.154. The third kappa shape index (κ3) is 1.26. The van der Waals surface area contributed by atoms with Crippen molar-refractivity contribution in [1.82, 2.24) is 0 Å². The Balaban J connectivity index is 2.34. The van der Waals surface area contributed by atoms with Crippen LogP contribution < -0.4 is 5.32 Å². The second kappa shape index (κ2) is 2.91. The van der Waals surface area contributed by atoms with Crippen LogP contribution in [0.15, 0.2) is 35.3 Å². The van der Waals surface area contributed by atoms with Gasteiger partial charge in [-0.25, -0.2) is 0 Å². The monoisotopic (exact) mass is 197 g/mol. The molecular weight excluding hydrogens is 184 g/mol. The molecule has 3 rings (SSSR count). The molecule has 0 amide bonds. The van der Waals surface area contributed by atoms with Gasteiger partial charge in [-0.2, -0.15) is 4.99 Å². The molecule has 2 nitrogen and oxygen atoms in total. The summed E-state index contributed by atoms with van der Waals surface area (Å²) in [7, 11) is 0. The van der Waals surface area contributed by atoms with Crippen molar-refractivity contribution in [2.45, 2.75) is 13.8 Å². The molecule has 1 heterocycles. The molecule has 2 N–H and O–H groups in total. The number of nitrogens with zero attached hydrogens (tertiary/aromatic N) is 1. The van der Waals surface area contributed by atoms with Gasteiger partial charge in [0.15, 0.2) is 5.69 Å². The van der Waals surface area contributed by atoms with Crippen molar-refractivity contribution in [3.05, 3.63) is 35.9 Å². The molecule has 0 bridgehead atoms. The van der Waals surface area contributed by atoms with Crippen molar-refractivity contribution >= 4 is 28.0 Å². The van der Waals surface area contributed by atoms with Crippen LogP contribution in [0.5, 0.6) is 0 Å².